The van der Waals surface area contributed by atoms with E-state index >= 15 is 0 Å². The normalized spacial score (nSPS) is 25.0. The van der Waals surface area contributed by atoms with Crippen molar-refractivity contribution < 1.29 is 42.6 Å². The molecule has 5 aromatic rings. The molecular weight excluding hydrogens is 696 g/mol. The quantitative estimate of drug-likeness (QED) is 0.0798. The van der Waals surface area contributed by atoms with Crippen LogP contribution in [-0.4, -0.2) is 69.5 Å². The van der Waals surface area contributed by atoms with Crippen LogP contribution in [0.4, 0.5) is 0 Å². The van der Waals surface area contributed by atoms with Crippen molar-refractivity contribution >= 4 is 0 Å². The number of ether oxygens (including phenoxy) is 9. The van der Waals surface area contributed by atoms with Crippen molar-refractivity contribution in [1.82, 2.24) is 0 Å². The Morgan fingerprint density at radius 3 is 1.09 bits per heavy atom. The first-order valence-corrected chi connectivity index (χ1v) is 18.9. The third-order valence-corrected chi connectivity index (χ3v) is 9.70. The number of methoxy groups -OCH3 is 1. The number of hydrogen-bond acceptors (Lipinski definition) is 9. The van der Waals surface area contributed by atoms with Crippen LogP contribution in [0.3, 0.4) is 0 Å². The van der Waals surface area contributed by atoms with Gasteiger partial charge in [0, 0.05) is 7.11 Å². The van der Waals surface area contributed by atoms with E-state index < -0.39 is 49.2 Å². The molecule has 0 bridgehead atoms. The molecule has 0 radical (unpaired) electrons. The van der Waals surface area contributed by atoms with Crippen LogP contribution in [0.5, 0.6) is 0 Å². The van der Waals surface area contributed by atoms with Gasteiger partial charge in [-0.25, -0.2) is 0 Å². The molecule has 8 atom stereocenters. The minimum absolute atomic E-state index is 0.262. The van der Waals surface area contributed by atoms with Crippen molar-refractivity contribution in [2.45, 2.75) is 82.2 Å². The molecule has 55 heavy (non-hydrogen) atoms. The highest BCUT2D eigenvalue weighted by Crippen LogP contribution is 2.35. The summed E-state index contributed by atoms with van der Waals surface area (Å²) in [6.45, 7) is 2.43. The second-order valence-electron chi connectivity index (χ2n) is 13.7. The van der Waals surface area contributed by atoms with E-state index in [2.05, 4.69) is 0 Å². The third kappa shape index (κ3) is 11.2. The zero-order valence-corrected chi connectivity index (χ0v) is 31.2. The van der Waals surface area contributed by atoms with Gasteiger partial charge in [0.2, 0.25) is 0 Å². The standard InChI is InChI=1S/C46H50O9/c1-47-45-44(42(51-30-37-23-13-5-14-24-37)40(53-45)33-49-28-35-19-9-3-10-20-35)55-46-43(52-31-38-25-15-6-16-26-38)41(50-29-36-21-11-4-12-22-36)39(54-46)32-48-27-34-17-7-2-8-18-34/h2-26,39-46H,27-33H2,1H3/t39-,40-,41-,42-,43+,44+,45-,46+/m1/s1. The van der Waals surface area contributed by atoms with E-state index in [9.17, 15) is 0 Å². The lowest BCUT2D eigenvalue weighted by Gasteiger charge is -2.30. The molecule has 0 amide bonds. The maximum atomic E-state index is 6.94. The Kier molecular flexibility index (Phi) is 14.6. The summed E-state index contributed by atoms with van der Waals surface area (Å²) in [5.41, 5.74) is 5.21. The number of benzene rings is 5. The molecule has 9 nitrogen and oxygen atoms in total. The third-order valence-electron chi connectivity index (χ3n) is 9.70. The van der Waals surface area contributed by atoms with E-state index in [1.54, 1.807) is 7.11 Å². The Labute approximate surface area is 324 Å². The molecule has 288 valence electrons. The summed E-state index contributed by atoms with van der Waals surface area (Å²) in [6, 6.07) is 50.3. The maximum Gasteiger partial charge on any atom is 0.187 e. The summed E-state index contributed by atoms with van der Waals surface area (Å²) >= 11 is 0. The summed E-state index contributed by atoms with van der Waals surface area (Å²) in [7, 11) is 1.60. The molecule has 2 heterocycles. The highest BCUT2D eigenvalue weighted by atomic mass is 16.8. The van der Waals surface area contributed by atoms with Gasteiger partial charge in [-0.05, 0) is 27.8 Å². The van der Waals surface area contributed by atoms with E-state index in [1.165, 1.54) is 0 Å². The predicted molar refractivity (Wildman–Crippen MR) is 206 cm³/mol. The lowest BCUT2D eigenvalue weighted by molar-refractivity contribution is -0.251. The minimum atomic E-state index is -0.868. The monoisotopic (exact) mass is 746 g/mol. The zero-order chi connectivity index (χ0) is 37.5. The van der Waals surface area contributed by atoms with Crippen molar-refractivity contribution in [2.75, 3.05) is 20.3 Å². The van der Waals surface area contributed by atoms with E-state index in [0.29, 0.717) is 33.0 Å². The molecule has 0 unspecified atom stereocenters. The summed E-state index contributed by atoms with van der Waals surface area (Å²) < 4.78 is 58.5. The molecule has 2 saturated heterocycles. The summed E-state index contributed by atoms with van der Waals surface area (Å²) in [6.07, 6.45) is -5.02. The average molecular weight is 747 g/mol. The van der Waals surface area contributed by atoms with Crippen molar-refractivity contribution in [1.29, 1.82) is 0 Å². The van der Waals surface area contributed by atoms with Gasteiger partial charge >= 0.3 is 0 Å². The van der Waals surface area contributed by atoms with Crippen LogP contribution in [0.25, 0.3) is 0 Å². The van der Waals surface area contributed by atoms with Crippen molar-refractivity contribution in [3.63, 3.8) is 0 Å². The highest BCUT2D eigenvalue weighted by Gasteiger charge is 2.53. The van der Waals surface area contributed by atoms with Gasteiger partial charge < -0.3 is 42.6 Å². The lowest BCUT2D eigenvalue weighted by atomic mass is 10.1. The first kappa shape index (κ1) is 39.0. The summed E-state index contributed by atoms with van der Waals surface area (Å²) in [4.78, 5) is 0. The van der Waals surface area contributed by atoms with E-state index in [4.69, 9.17) is 42.6 Å². The smallest absolute Gasteiger partial charge is 0.187 e. The van der Waals surface area contributed by atoms with Crippen LogP contribution in [0.1, 0.15) is 27.8 Å². The Hall–Kier alpha value is -4.26. The topological polar surface area (TPSA) is 83.1 Å². The molecule has 0 aliphatic carbocycles. The second kappa shape index (κ2) is 20.6. The maximum absolute atomic E-state index is 6.94. The van der Waals surface area contributed by atoms with Crippen LogP contribution in [0.15, 0.2) is 152 Å². The van der Waals surface area contributed by atoms with Gasteiger partial charge in [-0.2, -0.15) is 0 Å². The fourth-order valence-corrected chi connectivity index (χ4v) is 6.86. The van der Waals surface area contributed by atoms with Gasteiger partial charge in [0.05, 0.1) is 46.2 Å². The molecule has 0 spiro atoms. The molecule has 9 heteroatoms. The predicted octanol–water partition coefficient (Wildman–Crippen LogP) is 7.66. The number of rotatable bonds is 20. The van der Waals surface area contributed by atoms with Crippen LogP contribution < -0.4 is 0 Å². The van der Waals surface area contributed by atoms with Gasteiger partial charge in [0.25, 0.3) is 0 Å². The Morgan fingerprint density at radius 2 is 0.709 bits per heavy atom. The van der Waals surface area contributed by atoms with E-state index in [-0.39, 0.29) is 13.2 Å². The molecule has 2 aliphatic rings. The SMILES string of the molecule is CO[C@@H]1O[C@H](COCc2ccccc2)[C@@H](OCc2ccccc2)[C@@H]1O[C@@H]1O[C@H](COCc2ccccc2)[C@@H](OCc2ccccc2)[C@@H]1OCc1ccccc1. The van der Waals surface area contributed by atoms with Crippen LogP contribution in [-0.2, 0) is 75.7 Å². The highest BCUT2D eigenvalue weighted by molar-refractivity contribution is 5.17. The van der Waals surface area contributed by atoms with Crippen molar-refractivity contribution in [3.8, 4) is 0 Å². The molecule has 0 saturated carbocycles. The molecule has 2 aliphatic heterocycles. The van der Waals surface area contributed by atoms with E-state index in [0.717, 1.165) is 27.8 Å². The van der Waals surface area contributed by atoms with Gasteiger partial charge in [-0.15, -0.1) is 0 Å². The van der Waals surface area contributed by atoms with Crippen LogP contribution in [0, 0.1) is 0 Å². The zero-order valence-electron chi connectivity index (χ0n) is 31.2. The van der Waals surface area contributed by atoms with Crippen LogP contribution in [0.2, 0.25) is 0 Å². The van der Waals surface area contributed by atoms with Gasteiger partial charge in [-0.1, -0.05) is 152 Å². The molecule has 5 aromatic carbocycles. The van der Waals surface area contributed by atoms with Crippen molar-refractivity contribution in [3.05, 3.63) is 179 Å². The Bertz CT molecular complexity index is 1780. The molecule has 7 rings (SSSR count). The summed E-state index contributed by atoms with van der Waals surface area (Å²) in [5.74, 6) is 0. The van der Waals surface area contributed by atoms with Crippen molar-refractivity contribution in [2.24, 2.45) is 0 Å². The Morgan fingerprint density at radius 1 is 0.382 bits per heavy atom. The second-order valence-corrected chi connectivity index (χ2v) is 13.7. The fourth-order valence-electron chi connectivity index (χ4n) is 6.86. The molecular formula is C46H50O9. The lowest BCUT2D eigenvalue weighted by Crippen LogP contribution is -2.45. The van der Waals surface area contributed by atoms with Gasteiger partial charge in [-0.3, -0.25) is 0 Å². The molecule has 0 N–H and O–H groups in total. The molecule has 0 aromatic heterocycles. The van der Waals surface area contributed by atoms with Crippen LogP contribution >= 0.6 is 0 Å². The van der Waals surface area contributed by atoms with E-state index in [1.807, 2.05) is 152 Å². The average Bonchev–Trinajstić information content (AvgIpc) is 3.75. The minimum Gasteiger partial charge on any atom is -0.374 e. The first-order valence-electron chi connectivity index (χ1n) is 18.9. The number of hydrogen-bond donors (Lipinski definition) is 0. The van der Waals surface area contributed by atoms with Gasteiger partial charge in [0.1, 0.15) is 36.6 Å². The molecule has 2 fully saturated rings. The largest absolute Gasteiger partial charge is 0.374 e. The van der Waals surface area contributed by atoms with Gasteiger partial charge in [0.15, 0.2) is 12.6 Å². The Balaban J connectivity index is 1.13. The first-order chi connectivity index (χ1) is 27.2. The summed E-state index contributed by atoms with van der Waals surface area (Å²) in [5, 5.41) is 0. The fraction of sp³-hybridized carbons (Fsp3) is 0.348.